The molecule has 0 spiro atoms. The molecule has 266 valence electrons. The van der Waals surface area contributed by atoms with Crippen LogP contribution in [0.1, 0.15) is 42.4 Å². The van der Waals surface area contributed by atoms with E-state index in [1.165, 1.54) is 67.8 Å². The van der Waals surface area contributed by atoms with Crippen molar-refractivity contribution in [2.45, 2.75) is 62.4 Å². The number of benzene rings is 3. The molecule has 1 aliphatic carbocycles. The normalized spacial score (nSPS) is 20.2. The number of hydrogen-bond donors (Lipinski definition) is 7. The van der Waals surface area contributed by atoms with Gasteiger partial charge in [0.25, 0.3) is 0 Å². The van der Waals surface area contributed by atoms with Crippen molar-refractivity contribution in [3.63, 3.8) is 0 Å². The lowest BCUT2D eigenvalue weighted by molar-refractivity contribution is -0.234. The Morgan fingerprint density at radius 3 is 1.92 bits per heavy atom. The molecule has 0 saturated heterocycles. The molecule has 15 nitrogen and oxygen atoms in total. The molecule has 1 saturated carbocycles. The molecule has 1 unspecified atom stereocenters. The zero-order valence-electron chi connectivity index (χ0n) is 26.7. The van der Waals surface area contributed by atoms with Gasteiger partial charge in [-0.15, -0.1) is 0 Å². The molecular formula is C35H36O15. The predicted molar refractivity (Wildman–Crippen MR) is 171 cm³/mol. The van der Waals surface area contributed by atoms with Crippen molar-refractivity contribution in [1.29, 1.82) is 0 Å². The van der Waals surface area contributed by atoms with Crippen LogP contribution in [0.5, 0.6) is 34.5 Å². The number of hydrogen-bond acceptors (Lipinski definition) is 14. The number of carboxylic acids is 1. The van der Waals surface area contributed by atoms with Gasteiger partial charge in [0.1, 0.15) is 0 Å². The minimum Gasteiger partial charge on any atom is -0.504 e. The summed E-state index contributed by atoms with van der Waals surface area (Å²) >= 11 is 0. The molecule has 4 atom stereocenters. The Bertz CT molecular complexity index is 1770. The maximum absolute atomic E-state index is 13.1. The second kappa shape index (κ2) is 16.0. The number of methoxy groups -OCH3 is 1. The summed E-state index contributed by atoms with van der Waals surface area (Å²) in [6.07, 6.45) is -4.89. The SMILES string of the molecule is COc1cc(/C=C/C(=O)O[C@H]2[C@@H](OC(=O)CCc3ccc(O)c(O)c3)[C@H](O)CCC2(OC(=O)CCc2ccc(O)c(O)c2)C(=O)O)ccc1O. The summed E-state index contributed by atoms with van der Waals surface area (Å²) in [5.74, 6) is -6.57. The van der Waals surface area contributed by atoms with Crippen molar-refractivity contribution in [3.8, 4) is 34.5 Å². The molecular weight excluding hydrogens is 660 g/mol. The number of aliphatic hydroxyl groups excluding tert-OH is 1. The highest BCUT2D eigenvalue weighted by Crippen LogP contribution is 2.38. The van der Waals surface area contributed by atoms with E-state index in [0.717, 1.165) is 6.08 Å². The molecule has 0 radical (unpaired) electrons. The van der Waals surface area contributed by atoms with Gasteiger partial charge in [0.15, 0.2) is 46.7 Å². The second-order valence-corrected chi connectivity index (χ2v) is 11.5. The van der Waals surface area contributed by atoms with Gasteiger partial charge in [0.05, 0.1) is 13.2 Å². The Morgan fingerprint density at radius 1 is 0.780 bits per heavy atom. The number of aromatic hydroxyl groups is 5. The number of carbonyl (C=O) groups is 4. The Balaban J connectivity index is 1.59. The number of esters is 3. The first-order chi connectivity index (χ1) is 23.7. The van der Waals surface area contributed by atoms with Gasteiger partial charge in [-0.3, -0.25) is 9.59 Å². The van der Waals surface area contributed by atoms with E-state index in [-0.39, 0.29) is 48.7 Å². The van der Waals surface area contributed by atoms with E-state index in [1.54, 1.807) is 0 Å². The van der Waals surface area contributed by atoms with Crippen LogP contribution in [0.4, 0.5) is 0 Å². The van der Waals surface area contributed by atoms with Gasteiger partial charge in [-0.2, -0.15) is 0 Å². The van der Waals surface area contributed by atoms with Gasteiger partial charge >= 0.3 is 23.9 Å². The van der Waals surface area contributed by atoms with E-state index < -0.39 is 72.1 Å². The highest BCUT2D eigenvalue weighted by molar-refractivity contribution is 5.89. The molecule has 0 heterocycles. The predicted octanol–water partition coefficient (Wildman–Crippen LogP) is 2.85. The fraction of sp³-hybridized carbons (Fsp3) is 0.314. The highest BCUT2D eigenvalue weighted by Gasteiger charge is 2.61. The molecule has 3 aromatic carbocycles. The van der Waals surface area contributed by atoms with Crippen LogP contribution in [0.25, 0.3) is 6.08 Å². The van der Waals surface area contributed by atoms with Crippen molar-refractivity contribution < 1.29 is 73.9 Å². The van der Waals surface area contributed by atoms with Crippen molar-refractivity contribution >= 4 is 30.0 Å². The van der Waals surface area contributed by atoms with Crippen LogP contribution in [-0.2, 0) is 46.2 Å². The summed E-state index contributed by atoms with van der Waals surface area (Å²) in [7, 11) is 1.32. The minimum absolute atomic E-state index is 0.00461. The van der Waals surface area contributed by atoms with Gasteiger partial charge in [-0.05, 0) is 78.4 Å². The third kappa shape index (κ3) is 8.93. The minimum atomic E-state index is -2.62. The summed E-state index contributed by atoms with van der Waals surface area (Å²) in [4.78, 5) is 52.2. The summed E-state index contributed by atoms with van der Waals surface area (Å²) in [6.45, 7) is 0. The lowest BCUT2D eigenvalue weighted by atomic mass is 9.78. The fourth-order valence-corrected chi connectivity index (χ4v) is 5.35. The summed E-state index contributed by atoms with van der Waals surface area (Å²) in [5, 5.41) is 69.8. The summed E-state index contributed by atoms with van der Waals surface area (Å²) in [5.41, 5.74) is -1.39. The number of aliphatic carboxylic acids is 1. The van der Waals surface area contributed by atoms with E-state index in [4.69, 9.17) is 18.9 Å². The van der Waals surface area contributed by atoms with E-state index in [2.05, 4.69) is 0 Å². The van der Waals surface area contributed by atoms with Crippen molar-refractivity contribution in [1.82, 2.24) is 0 Å². The number of rotatable bonds is 13. The number of aryl methyl sites for hydroxylation is 2. The van der Waals surface area contributed by atoms with Gasteiger partial charge < -0.3 is 54.7 Å². The number of aliphatic hydroxyl groups is 1. The Morgan fingerprint density at radius 2 is 1.36 bits per heavy atom. The molecule has 1 aliphatic rings. The first-order valence-electron chi connectivity index (χ1n) is 15.3. The van der Waals surface area contributed by atoms with Crippen molar-refractivity contribution in [3.05, 3.63) is 77.4 Å². The molecule has 4 rings (SSSR count). The molecule has 0 bridgehead atoms. The number of ether oxygens (including phenoxy) is 4. The Hall–Kier alpha value is -5.96. The number of phenolic OH excluding ortho intramolecular Hbond substituents is 5. The van der Waals surface area contributed by atoms with Gasteiger partial charge in [0, 0.05) is 25.3 Å². The quantitative estimate of drug-likeness (QED) is 0.0588. The first kappa shape index (κ1) is 36.9. The van der Waals surface area contributed by atoms with Crippen LogP contribution < -0.4 is 4.74 Å². The number of phenols is 5. The standard InChI is InChI=1S/C35H36O15/c1-47-28-18-21(4-10-24(28)38)6-12-30(43)49-33-32(48-29(42)11-5-19-2-8-22(36)26(40)16-19)25(39)14-15-35(33,34(45)46)50-31(44)13-7-20-3-9-23(37)27(41)17-20/h2-4,6,8-10,12,16-18,25,32-33,36-41H,5,7,11,13-15H2,1H3,(H,45,46)/b12-6+/t25-,32+,33+,35?/m1/s1. The Labute approximate surface area is 285 Å². The molecule has 15 heteroatoms. The largest absolute Gasteiger partial charge is 0.504 e. The molecule has 1 fully saturated rings. The molecule has 0 aliphatic heterocycles. The van der Waals surface area contributed by atoms with E-state index in [9.17, 15) is 54.9 Å². The third-order valence-corrected chi connectivity index (χ3v) is 8.05. The lowest BCUT2D eigenvalue weighted by Gasteiger charge is -2.44. The summed E-state index contributed by atoms with van der Waals surface area (Å²) < 4.78 is 21.6. The van der Waals surface area contributed by atoms with Crippen molar-refractivity contribution in [2.75, 3.05) is 7.11 Å². The summed E-state index contributed by atoms with van der Waals surface area (Å²) in [6, 6.07) is 11.9. The van der Waals surface area contributed by atoms with E-state index in [1.807, 2.05) is 0 Å². The van der Waals surface area contributed by atoms with Crippen LogP contribution in [0.15, 0.2) is 60.7 Å². The van der Waals surface area contributed by atoms with Gasteiger partial charge in [-0.1, -0.05) is 18.2 Å². The molecule has 3 aromatic rings. The average molecular weight is 697 g/mol. The van der Waals surface area contributed by atoms with Crippen LogP contribution in [0, 0.1) is 0 Å². The first-order valence-corrected chi connectivity index (χ1v) is 15.3. The molecule has 0 amide bonds. The van der Waals surface area contributed by atoms with Crippen LogP contribution in [-0.4, -0.2) is 90.6 Å². The molecule has 50 heavy (non-hydrogen) atoms. The van der Waals surface area contributed by atoms with E-state index >= 15 is 0 Å². The Kier molecular flexibility index (Phi) is 11.8. The second-order valence-electron chi connectivity index (χ2n) is 11.5. The number of carbonyl (C=O) groups excluding carboxylic acids is 3. The van der Waals surface area contributed by atoms with Crippen LogP contribution in [0.3, 0.4) is 0 Å². The van der Waals surface area contributed by atoms with Crippen LogP contribution in [0.2, 0.25) is 0 Å². The highest BCUT2D eigenvalue weighted by atomic mass is 16.6. The van der Waals surface area contributed by atoms with E-state index in [0.29, 0.717) is 16.7 Å². The molecule has 7 N–H and O–H groups in total. The molecule has 0 aromatic heterocycles. The van der Waals surface area contributed by atoms with Gasteiger partial charge in [0.2, 0.25) is 5.60 Å². The maximum Gasteiger partial charge on any atom is 0.352 e. The fourth-order valence-electron chi connectivity index (χ4n) is 5.35. The average Bonchev–Trinajstić information content (AvgIpc) is 3.08. The maximum atomic E-state index is 13.1. The zero-order chi connectivity index (χ0) is 36.6. The lowest BCUT2D eigenvalue weighted by Crippen LogP contribution is -2.65. The van der Waals surface area contributed by atoms with Gasteiger partial charge in [-0.25, -0.2) is 9.59 Å². The third-order valence-electron chi connectivity index (χ3n) is 8.05. The number of carboxylic acid groups (broad SMARTS) is 1. The van der Waals surface area contributed by atoms with Crippen LogP contribution >= 0.6 is 0 Å². The van der Waals surface area contributed by atoms with Crippen molar-refractivity contribution in [2.24, 2.45) is 0 Å². The topological polar surface area (TPSA) is 247 Å². The zero-order valence-corrected chi connectivity index (χ0v) is 26.7. The monoisotopic (exact) mass is 696 g/mol. The smallest absolute Gasteiger partial charge is 0.352 e.